The van der Waals surface area contributed by atoms with Crippen LogP contribution in [0.5, 0.6) is 0 Å². The molecule has 0 saturated carbocycles. The number of hydrogen-bond donors (Lipinski definition) is 4. The molecule has 1 atom stereocenters. The average molecular weight is 165 g/mol. The Labute approximate surface area is 61.7 Å². The van der Waals surface area contributed by atoms with E-state index < -0.39 is 14.3 Å². The number of hydrogen-bond acceptors (Lipinski definition) is 4. The van der Waals surface area contributed by atoms with Crippen molar-refractivity contribution >= 4 is 8.80 Å². The van der Waals surface area contributed by atoms with Gasteiger partial charge in [-0.05, 0) is 19.4 Å². The molecule has 0 aromatic heterocycles. The highest BCUT2D eigenvalue weighted by atomic mass is 28.4. The van der Waals surface area contributed by atoms with Crippen LogP contribution in [-0.2, 0) is 0 Å². The van der Waals surface area contributed by atoms with Crippen LogP contribution in [0.2, 0.25) is 5.54 Å². The molecule has 5 heteroatoms. The van der Waals surface area contributed by atoms with Crippen LogP contribution in [-0.4, -0.2) is 29.7 Å². The largest absolute Gasteiger partial charge is 0.496 e. The summed E-state index contributed by atoms with van der Waals surface area (Å²) in [6, 6.07) is 0. The predicted octanol–water partition coefficient (Wildman–Crippen LogP) is -0.969. The molecule has 0 aliphatic heterocycles. The maximum Gasteiger partial charge on any atom is 0.496 e. The molecule has 0 amide bonds. The first-order valence-electron chi connectivity index (χ1n) is 3.39. The molecule has 0 bridgehead atoms. The monoisotopic (exact) mass is 165 g/mol. The molecule has 0 radical (unpaired) electrons. The molecule has 0 aromatic rings. The fourth-order valence-electron chi connectivity index (χ4n) is 0.873. The maximum absolute atomic E-state index is 8.80. The summed E-state index contributed by atoms with van der Waals surface area (Å²) in [6.07, 6.45) is 1.04. The lowest BCUT2D eigenvalue weighted by Crippen LogP contribution is -2.41. The lowest BCUT2D eigenvalue weighted by atomic mass is 10.2. The van der Waals surface area contributed by atoms with Crippen molar-refractivity contribution in [2.45, 2.75) is 25.3 Å². The van der Waals surface area contributed by atoms with Gasteiger partial charge in [0.2, 0.25) is 0 Å². The molecule has 0 rings (SSSR count). The molecule has 0 saturated heterocycles. The van der Waals surface area contributed by atoms with Crippen LogP contribution in [0.25, 0.3) is 0 Å². The number of rotatable bonds is 4. The van der Waals surface area contributed by atoms with Crippen molar-refractivity contribution in [1.82, 2.24) is 0 Å². The molecule has 5 N–H and O–H groups in total. The first-order valence-corrected chi connectivity index (χ1v) is 5.31. The van der Waals surface area contributed by atoms with Gasteiger partial charge in [-0.1, -0.05) is 6.92 Å². The molecule has 4 nitrogen and oxygen atoms in total. The third-order valence-corrected chi connectivity index (χ3v) is 3.35. The highest BCUT2D eigenvalue weighted by Crippen LogP contribution is 2.21. The Balaban J connectivity index is 3.81. The molecule has 0 fully saturated rings. The second kappa shape index (κ2) is 4.04. The van der Waals surface area contributed by atoms with Crippen molar-refractivity contribution in [2.75, 3.05) is 6.54 Å². The minimum Gasteiger partial charge on any atom is -0.390 e. The molecule has 0 spiro atoms. The molecular weight excluding hydrogens is 150 g/mol. The van der Waals surface area contributed by atoms with Gasteiger partial charge in [0.05, 0.1) is 0 Å². The zero-order valence-corrected chi connectivity index (χ0v) is 7.12. The van der Waals surface area contributed by atoms with E-state index in [0.29, 0.717) is 19.4 Å². The van der Waals surface area contributed by atoms with Crippen molar-refractivity contribution in [3.05, 3.63) is 0 Å². The van der Waals surface area contributed by atoms with Gasteiger partial charge in [-0.2, -0.15) is 0 Å². The summed E-state index contributed by atoms with van der Waals surface area (Å²) in [5, 5.41) is 0. The third-order valence-electron chi connectivity index (χ3n) is 1.56. The molecule has 0 heterocycles. The third kappa shape index (κ3) is 3.28. The van der Waals surface area contributed by atoms with Crippen LogP contribution >= 0.6 is 0 Å². The minimum absolute atomic E-state index is 0.384. The van der Waals surface area contributed by atoms with Crippen molar-refractivity contribution in [2.24, 2.45) is 5.73 Å². The first kappa shape index (κ1) is 10.1. The molecule has 62 valence electrons. The van der Waals surface area contributed by atoms with Crippen molar-refractivity contribution in [1.29, 1.82) is 0 Å². The Kier molecular flexibility index (Phi) is 4.07. The van der Waals surface area contributed by atoms with E-state index >= 15 is 0 Å². The molecule has 0 aromatic carbocycles. The van der Waals surface area contributed by atoms with Crippen molar-refractivity contribution in [3.63, 3.8) is 0 Å². The highest BCUT2D eigenvalue weighted by Gasteiger charge is 2.36. The van der Waals surface area contributed by atoms with E-state index in [1.165, 1.54) is 0 Å². The Morgan fingerprint density at radius 1 is 1.40 bits per heavy atom. The van der Waals surface area contributed by atoms with E-state index in [9.17, 15) is 0 Å². The van der Waals surface area contributed by atoms with Gasteiger partial charge in [0, 0.05) is 5.54 Å². The maximum atomic E-state index is 8.80. The molecule has 0 aliphatic rings. The van der Waals surface area contributed by atoms with Gasteiger partial charge in [0.15, 0.2) is 0 Å². The zero-order chi connectivity index (χ0) is 8.20. The molecular formula is C5H15NO3Si. The van der Waals surface area contributed by atoms with Crippen molar-refractivity contribution < 1.29 is 14.4 Å². The van der Waals surface area contributed by atoms with Gasteiger partial charge < -0.3 is 20.1 Å². The lowest BCUT2D eigenvalue weighted by molar-refractivity contribution is 0.206. The van der Waals surface area contributed by atoms with Crippen molar-refractivity contribution in [3.8, 4) is 0 Å². The van der Waals surface area contributed by atoms with Gasteiger partial charge in [0.1, 0.15) is 0 Å². The van der Waals surface area contributed by atoms with Gasteiger partial charge in [-0.3, -0.25) is 0 Å². The van der Waals surface area contributed by atoms with E-state index in [1.54, 1.807) is 6.92 Å². The summed E-state index contributed by atoms with van der Waals surface area (Å²) < 4.78 is 0. The average Bonchev–Trinajstić information content (AvgIpc) is 1.80. The van der Waals surface area contributed by atoms with Crippen LogP contribution in [0.3, 0.4) is 0 Å². The minimum atomic E-state index is -3.89. The van der Waals surface area contributed by atoms with Gasteiger partial charge in [-0.15, -0.1) is 0 Å². The highest BCUT2D eigenvalue weighted by molar-refractivity contribution is 6.57. The standard InChI is InChI=1S/C5H15NO3Si/c1-2-5(3-4-6)10(7,8)9/h5,7-9H,2-4,6H2,1H3. The van der Waals surface area contributed by atoms with Crippen LogP contribution in [0.15, 0.2) is 0 Å². The topological polar surface area (TPSA) is 86.7 Å². The fraction of sp³-hybridized carbons (Fsp3) is 1.00. The second-order valence-electron chi connectivity index (χ2n) is 2.37. The summed E-state index contributed by atoms with van der Waals surface area (Å²) >= 11 is 0. The molecule has 1 unspecified atom stereocenters. The summed E-state index contributed by atoms with van der Waals surface area (Å²) in [6.45, 7) is 2.18. The zero-order valence-electron chi connectivity index (χ0n) is 6.12. The fourth-order valence-corrected chi connectivity index (χ4v) is 1.97. The lowest BCUT2D eigenvalue weighted by Gasteiger charge is -2.19. The van der Waals surface area contributed by atoms with Gasteiger partial charge in [0.25, 0.3) is 0 Å². The summed E-state index contributed by atoms with van der Waals surface area (Å²) in [7, 11) is -3.89. The SMILES string of the molecule is CCC(CCN)[Si](O)(O)O. The van der Waals surface area contributed by atoms with Crippen LogP contribution in [0.1, 0.15) is 19.8 Å². The normalized spacial score (nSPS) is 15.3. The van der Waals surface area contributed by atoms with E-state index in [-0.39, 0.29) is 0 Å². The summed E-state index contributed by atoms with van der Waals surface area (Å²) in [5.41, 5.74) is 4.79. The quantitative estimate of drug-likeness (QED) is 0.404. The smallest absolute Gasteiger partial charge is 0.390 e. The predicted molar refractivity (Wildman–Crippen MR) is 40.1 cm³/mol. The van der Waals surface area contributed by atoms with E-state index in [2.05, 4.69) is 0 Å². The van der Waals surface area contributed by atoms with Gasteiger partial charge >= 0.3 is 8.80 Å². The first-order chi connectivity index (χ1) is 4.52. The van der Waals surface area contributed by atoms with E-state index in [0.717, 1.165) is 0 Å². The number of nitrogens with two attached hydrogens (primary N) is 1. The Morgan fingerprint density at radius 2 is 1.90 bits per heavy atom. The van der Waals surface area contributed by atoms with Crippen LogP contribution < -0.4 is 5.73 Å². The van der Waals surface area contributed by atoms with E-state index in [1.807, 2.05) is 0 Å². The van der Waals surface area contributed by atoms with Crippen LogP contribution in [0.4, 0.5) is 0 Å². The summed E-state index contributed by atoms with van der Waals surface area (Å²) in [5.74, 6) is 0. The van der Waals surface area contributed by atoms with Gasteiger partial charge in [-0.25, -0.2) is 0 Å². The summed E-state index contributed by atoms with van der Waals surface area (Å²) in [4.78, 5) is 26.4. The molecule has 10 heavy (non-hydrogen) atoms. The Hall–Kier alpha value is 0.0569. The van der Waals surface area contributed by atoms with Crippen LogP contribution in [0, 0.1) is 0 Å². The second-order valence-corrected chi connectivity index (χ2v) is 4.56. The Morgan fingerprint density at radius 3 is 2.00 bits per heavy atom. The van der Waals surface area contributed by atoms with E-state index in [4.69, 9.17) is 20.1 Å². The molecule has 0 aliphatic carbocycles. The Bertz CT molecular complexity index is 93.4.